The van der Waals surface area contributed by atoms with E-state index in [1.54, 1.807) is 24.4 Å². The monoisotopic (exact) mass is 462 g/mol. The molecule has 1 saturated heterocycles. The molecule has 6 rings (SSSR count). The lowest BCUT2D eigenvalue weighted by Crippen LogP contribution is -2.43. The van der Waals surface area contributed by atoms with Gasteiger partial charge >= 0.3 is 0 Å². The fourth-order valence-electron chi connectivity index (χ4n) is 4.48. The molecule has 34 heavy (non-hydrogen) atoms. The minimum absolute atomic E-state index is 0.0131. The number of hydrogen-bond acceptors (Lipinski definition) is 8. The van der Waals surface area contributed by atoms with Crippen LogP contribution in [0.2, 0.25) is 0 Å². The Hall–Kier alpha value is -3.92. The number of piperazine rings is 1. The van der Waals surface area contributed by atoms with Crippen molar-refractivity contribution in [1.29, 1.82) is 0 Å². The number of phenolic OH excluding ortho intramolecular Hbond substituents is 1. The highest BCUT2D eigenvalue weighted by molar-refractivity contribution is 5.86. The van der Waals surface area contributed by atoms with Gasteiger partial charge in [-0.25, -0.2) is 4.39 Å². The lowest BCUT2D eigenvalue weighted by Gasteiger charge is -2.30. The molecule has 174 valence electrons. The number of rotatable bonds is 4. The second-order valence-corrected chi connectivity index (χ2v) is 8.76. The normalized spacial score (nSPS) is 16.3. The largest absolute Gasteiger partial charge is 0.507 e. The van der Waals surface area contributed by atoms with E-state index >= 15 is 4.39 Å². The molecule has 0 unspecified atom stereocenters. The van der Waals surface area contributed by atoms with Gasteiger partial charge in [-0.05, 0) is 37.1 Å². The maximum Gasteiger partial charge on any atom is 0.253 e. The lowest BCUT2D eigenvalue weighted by atomic mass is 10.1. The number of aromatic hydroxyl groups is 1. The molecule has 1 aliphatic heterocycles. The molecule has 2 aromatic heterocycles. The van der Waals surface area contributed by atoms with Gasteiger partial charge < -0.3 is 30.0 Å². The van der Waals surface area contributed by atoms with Crippen molar-refractivity contribution in [3.05, 3.63) is 52.6 Å². The number of benzene rings is 2. The number of halogens is 1. The minimum Gasteiger partial charge on any atom is -0.507 e. The first-order valence-corrected chi connectivity index (χ1v) is 11.3. The Labute approximate surface area is 193 Å². The number of anilines is 2. The fraction of sp³-hybridized carbons (Fsp3) is 0.292. The van der Waals surface area contributed by atoms with E-state index in [0.717, 1.165) is 25.9 Å². The van der Waals surface area contributed by atoms with Crippen LogP contribution in [0.4, 0.5) is 15.8 Å². The summed E-state index contributed by atoms with van der Waals surface area (Å²) in [4.78, 5) is 15.4. The zero-order valence-electron chi connectivity index (χ0n) is 18.3. The molecule has 2 aromatic carbocycles. The van der Waals surface area contributed by atoms with Crippen LogP contribution in [0.15, 0.2) is 45.7 Å². The highest BCUT2D eigenvalue weighted by Gasteiger charge is 2.28. The van der Waals surface area contributed by atoms with Crippen molar-refractivity contribution in [3.8, 4) is 28.7 Å². The molecule has 1 saturated carbocycles. The Morgan fingerprint density at radius 2 is 1.82 bits per heavy atom. The zero-order valence-corrected chi connectivity index (χ0v) is 18.3. The van der Waals surface area contributed by atoms with Gasteiger partial charge in [0, 0.05) is 55.6 Å². The number of fused-ring (bicyclic) bond motifs is 1. The summed E-state index contributed by atoms with van der Waals surface area (Å²) < 4.78 is 23.0. The standard InChI is InChI=1S/C24H23FN6O3/c25-18-10-16-19(11-20(18)30-7-5-27-6-8-30)31(14-2-3-14)12-17(22(16)33)24-29-28-23(34-24)15-4-1-13(26)9-21(15)32/h1,4,9-12,14,27,32H,2-3,5-8,26H2. The van der Waals surface area contributed by atoms with E-state index in [9.17, 15) is 9.90 Å². The third-order valence-electron chi connectivity index (χ3n) is 6.41. The van der Waals surface area contributed by atoms with Crippen molar-refractivity contribution in [2.24, 2.45) is 0 Å². The smallest absolute Gasteiger partial charge is 0.253 e. The van der Waals surface area contributed by atoms with Gasteiger partial charge in [-0.1, -0.05) is 0 Å². The third-order valence-corrected chi connectivity index (χ3v) is 6.41. The highest BCUT2D eigenvalue weighted by Crippen LogP contribution is 2.39. The number of hydrogen-bond donors (Lipinski definition) is 3. The van der Waals surface area contributed by atoms with Gasteiger partial charge in [0.25, 0.3) is 11.8 Å². The first-order valence-electron chi connectivity index (χ1n) is 11.3. The topological polar surface area (TPSA) is 122 Å². The van der Waals surface area contributed by atoms with E-state index in [4.69, 9.17) is 10.2 Å². The van der Waals surface area contributed by atoms with Gasteiger partial charge in [0.1, 0.15) is 17.1 Å². The zero-order chi connectivity index (χ0) is 23.4. The SMILES string of the molecule is Nc1ccc(-c2nnc(-c3cn(C4CC4)c4cc(N5CCNCC5)c(F)cc4c3=O)o2)c(O)c1. The van der Waals surface area contributed by atoms with Gasteiger partial charge in [0.15, 0.2) is 0 Å². The molecular weight excluding hydrogens is 439 g/mol. The number of nitrogens with two attached hydrogens (primary N) is 1. The summed E-state index contributed by atoms with van der Waals surface area (Å²) in [6.07, 6.45) is 3.68. The summed E-state index contributed by atoms with van der Waals surface area (Å²) in [5.41, 5.74) is 7.41. The second-order valence-electron chi connectivity index (χ2n) is 8.76. The number of nitrogens with zero attached hydrogens (tertiary/aromatic N) is 4. The Morgan fingerprint density at radius 3 is 2.53 bits per heavy atom. The lowest BCUT2D eigenvalue weighted by molar-refractivity contribution is 0.473. The first-order chi connectivity index (χ1) is 16.5. The summed E-state index contributed by atoms with van der Waals surface area (Å²) in [6, 6.07) is 7.89. The van der Waals surface area contributed by atoms with Crippen LogP contribution in [-0.2, 0) is 0 Å². The van der Waals surface area contributed by atoms with Crippen LogP contribution in [0.3, 0.4) is 0 Å². The van der Waals surface area contributed by atoms with Crippen molar-refractivity contribution >= 4 is 22.3 Å². The molecule has 1 aliphatic carbocycles. The van der Waals surface area contributed by atoms with E-state index in [1.165, 1.54) is 12.1 Å². The number of aromatic nitrogens is 3. The quantitative estimate of drug-likeness (QED) is 0.396. The average Bonchev–Trinajstić information content (AvgIpc) is 3.57. The Bertz CT molecular complexity index is 1470. The van der Waals surface area contributed by atoms with Crippen LogP contribution in [0.5, 0.6) is 5.75 Å². The van der Waals surface area contributed by atoms with Crippen LogP contribution in [0.1, 0.15) is 18.9 Å². The maximum atomic E-state index is 15.2. The van der Waals surface area contributed by atoms with Crippen molar-refractivity contribution < 1.29 is 13.9 Å². The van der Waals surface area contributed by atoms with Crippen LogP contribution < -0.4 is 21.4 Å². The third kappa shape index (κ3) is 3.47. The maximum absolute atomic E-state index is 15.2. The number of nitrogens with one attached hydrogen (secondary N) is 1. The molecule has 2 aliphatic rings. The summed E-state index contributed by atoms with van der Waals surface area (Å²) in [5.74, 6) is -0.458. The fourth-order valence-corrected chi connectivity index (χ4v) is 4.48. The molecule has 10 heteroatoms. The summed E-state index contributed by atoms with van der Waals surface area (Å²) >= 11 is 0. The van der Waals surface area contributed by atoms with Gasteiger partial charge in [0.2, 0.25) is 5.43 Å². The number of pyridine rings is 1. The second kappa shape index (κ2) is 7.84. The van der Waals surface area contributed by atoms with Crippen LogP contribution in [0, 0.1) is 5.82 Å². The molecular formula is C24H23FN6O3. The minimum atomic E-state index is -0.427. The van der Waals surface area contributed by atoms with Crippen molar-refractivity contribution in [3.63, 3.8) is 0 Å². The molecule has 9 nitrogen and oxygen atoms in total. The van der Waals surface area contributed by atoms with E-state index < -0.39 is 5.82 Å². The predicted octanol–water partition coefficient (Wildman–Crippen LogP) is 2.89. The number of nitrogen functional groups attached to an aromatic ring is 1. The van der Waals surface area contributed by atoms with Crippen LogP contribution in [0.25, 0.3) is 33.8 Å². The van der Waals surface area contributed by atoms with Gasteiger partial charge in [-0.2, -0.15) is 0 Å². The van der Waals surface area contributed by atoms with Crippen molar-refractivity contribution in [2.45, 2.75) is 18.9 Å². The summed E-state index contributed by atoms with van der Waals surface area (Å²) in [6.45, 7) is 2.98. The van der Waals surface area contributed by atoms with Crippen LogP contribution >= 0.6 is 0 Å². The summed E-state index contributed by atoms with van der Waals surface area (Å²) in [7, 11) is 0. The van der Waals surface area contributed by atoms with Gasteiger partial charge in [-0.15, -0.1) is 10.2 Å². The van der Waals surface area contributed by atoms with E-state index in [0.29, 0.717) is 35.5 Å². The highest BCUT2D eigenvalue weighted by atomic mass is 19.1. The van der Waals surface area contributed by atoms with Gasteiger partial charge in [-0.3, -0.25) is 4.79 Å². The molecule has 3 heterocycles. The Balaban J connectivity index is 1.48. The predicted molar refractivity (Wildman–Crippen MR) is 126 cm³/mol. The van der Waals surface area contributed by atoms with Crippen molar-refractivity contribution in [1.82, 2.24) is 20.1 Å². The Kier molecular flexibility index (Phi) is 4.77. The molecule has 0 radical (unpaired) electrons. The molecule has 0 amide bonds. The molecule has 0 atom stereocenters. The number of phenols is 1. The van der Waals surface area contributed by atoms with E-state index in [-0.39, 0.29) is 40.0 Å². The van der Waals surface area contributed by atoms with Gasteiger partial charge in [0.05, 0.1) is 16.8 Å². The average molecular weight is 462 g/mol. The van der Waals surface area contributed by atoms with E-state index in [2.05, 4.69) is 15.5 Å². The van der Waals surface area contributed by atoms with Crippen molar-refractivity contribution in [2.75, 3.05) is 36.8 Å². The Morgan fingerprint density at radius 1 is 1.09 bits per heavy atom. The molecule has 0 spiro atoms. The summed E-state index contributed by atoms with van der Waals surface area (Å²) in [5, 5.41) is 21.8. The first kappa shape index (κ1) is 20.7. The molecule has 2 fully saturated rings. The molecule has 4 aromatic rings. The van der Waals surface area contributed by atoms with E-state index in [1.807, 2.05) is 9.47 Å². The molecule has 0 bridgehead atoms. The molecule has 4 N–H and O–H groups in total. The van der Waals surface area contributed by atoms with Crippen LogP contribution in [-0.4, -0.2) is 46.1 Å².